The minimum atomic E-state index is -4.20. The largest absolute Gasteiger partial charge is 0.398 e. The number of hydrogen-bond donors (Lipinski definition) is 2. The van der Waals surface area contributed by atoms with E-state index in [1.807, 2.05) is 0 Å². The third kappa shape index (κ3) is 3.24. The van der Waals surface area contributed by atoms with E-state index in [9.17, 15) is 16.8 Å². The van der Waals surface area contributed by atoms with Crippen LogP contribution in [-0.2, 0) is 20.2 Å². The van der Waals surface area contributed by atoms with Crippen LogP contribution in [0.2, 0.25) is 0 Å². The van der Waals surface area contributed by atoms with E-state index >= 15 is 0 Å². The molecule has 0 atom stereocenters. The van der Waals surface area contributed by atoms with Gasteiger partial charge in [-0.1, -0.05) is 29.7 Å². The first-order valence-corrected chi connectivity index (χ1v) is 8.52. The highest BCUT2D eigenvalue weighted by Gasteiger charge is 2.34. The number of sulfonamides is 1. The Morgan fingerprint density at radius 2 is 1.74 bits per heavy atom. The molecule has 0 saturated heterocycles. The fourth-order valence-electron chi connectivity index (χ4n) is 1.55. The molecule has 9 heteroatoms. The van der Waals surface area contributed by atoms with Crippen molar-refractivity contribution < 1.29 is 16.8 Å². The Morgan fingerprint density at radius 3 is 2.21 bits per heavy atom. The lowest BCUT2D eigenvalue weighted by Gasteiger charge is -2.21. The normalized spacial score (nSPS) is 12.8. The second-order valence-corrected chi connectivity index (χ2v) is 7.38. The van der Waals surface area contributed by atoms with Crippen LogP contribution in [0.1, 0.15) is 13.8 Å². The minimum Gasteiger partial charge on any atom is -0.398 e. The Bertz CT molecular complexity index is 640. The van der Waals surface area contributed by atoms with Crippen molar-refractivity contribution in [3.05, 3.63) is 24.3 Å². The maximum absolute atomic E-state index is 12.3. The molecule has 108 valence electrons. The number of anilines is 1. The van der Waals surface area contributed by atoms with Crippen LogP contribution < -0.4 is 10.5 Å². The van der Waals surface area contributed by atoms with Gasteiger partial charge in [-0.3, -0.25) is 0 Å². The zero-order chi connectivity index (χ0) is 14.7. The van der Waals surface area contributed by atoms with Crippen LogP contribution in [0.15, 0.2) is 29.2 Å². The molecule has 0 aromatic heterocycles. The molecule has 0 bridgehead atoms. The maximum atomic E-state index is 12.3. The van der Waals surface area contributed by atoms with Crippen molar-refractivity contribution in [1.29, 1.82) is 0 Å². The van der Waals surface area contributed by atoms with E-state index in [1.54, 1.807) is 13.0 Å². The summed E-state index contributed by atoms with van der Waals surface area (Å²) in [7, 11) is -8.31. The SMILES string of the molecule is CCNS(=O)(=O)N(CC)S(=O)(=O)c1ccccc1N. The van der Waals surface area contributed by atoms with Crippen molar-refractivity contribution >= 4 is 25.9 Å². The number of nitrogen functional groups attached to an aromatic ring is 1. The number of nitrogens with two attached hydrogens (primary N) is 1. The predicted molar refractivity (Wildman–Crippen MR) is 73.0 cm³/mol. The maximum Gasteiger partial charge on any atom is 0.292 e. The molecule has 19 heavy (non-hydrogen) atoms. The smallest absolute Gasteiger partial charge is 0.292 e. The van der Waals surface area contributed by atoms with Crippen LogP contribution in [0.5, 0.6) is 0 Å². The summed E-state index contributed by atoms with van der Waals surface area (Å²) in [5.41, 5.74) is 5.60. The van der Waals surface area contributed by atoms with Gasteiger partial charge in [-0.2, -0.15) is 8.42 Å². The molecule has 0 saturated carbocycles. The van der Waals surface area contributed by atoms with E-state index in [2.05, 4.69) is 4.72 Å². The quantitative estimate of drug-likeness (QED) is 0.726. The predicted octanol–water partition coefficient (Wildman–Crippen LogP) is 0.134. The molecule has 1 rings (SSSR count). The van der Waals surface area contributed by atoms with Gasteiger partial charge in [0.25, 0.3) is 20.2 Å². The van der Waals surface area contributed by atoms with Crippen molar-refractivity contribution in [2.45, 2.75) is 18.7 Å². The fraction of sp³-hybridized carbons (Fsp3) is 0.400. The van der Waals surface area contributed by atoms with E-state index in [4.69, 9.17) is 5.73 Å². The van der Waals surface area contributed by atoms with Crippen molar-refractivity contribution in [2.24, 2.45) is 0 Å². The molecular weight excluding hydrogens is 290 g/mol. The van der Waals surface area contributed by atoms with Crippen LogP contribution in [0, 0.1) is 0 Å². The van der Waals surface area contributed by atoms with Gasteiger partial charge in [0.15, 0.2) is 0 Å². The molecule has 0 aliphatic carbocycles. The number of rotatable bonds is 6. The molecule has 0 aliphatic heterocycles. The van der Waals surface area contributed by atoms with Gasteiger partial charge in [0.1, 0.15) is 4.90 Å². The average molecular weight is 307 g/mol. The van der Waals surface area contributed by atoms with Crippen LogP contribution in [-0.4, -0.2) is 33.6 Å². The first-order chi connectivity index (χ1) is 8.77. The zero-order valence-electron chi connectivity index (χ0n) is 10.7. The molecular formula is C10H17N3O4S2. The number of nitrogens with one attached hydrogen (secondary N) is 1. The summed E-state index contributed by atoms with van der Waals surface area (Å²) >= 11 is 0. The van der Waals surface area contributed by atoms with Crippen LogP contribution in [0.4, 0.5) is 5.69 Å². The Labute approximate surface area is 113 Å². The summed E-state index contributed by atoms with van der Waals surface area (Å²) < 4.78 is 51.0. The van der Waals surface area contributed by atoms with Crippen LogP contribution in [0.25, 0.3) is 0 Å². The molecule has 0 amide bonds. The summed E-state index contributed by atoms with van der Waals surface area (Å²) in [6, 6.07) is 5.73. The zero-order valence-corrected chi connectivity index (χ0v) is 12.3. The summed E-state index contributed by atoms with van der Waals surface area (Å²) in [6.45, 7) is 2.88. The molecule has 0 heterocycles. The van der Waals surface area contributed by atoms with E-state index in [1.165, 1.54) is 25.1 Å². The Morgan fingerprint density at radius 1 is 1.16 bits per heavy atom. The molecule has 3 N–H and O–H groups in total. The number of nitrogens with zero attached hydrogens (tertiary/aromatic N) is 1. The highest BCUT2D eigenvalue weighted by atomic mass is 32.3. The highest BCUT2D eigenvalue weighted by Crippen LogP contribution is 2.23. The monoisotopic (exact) mass is 307 g/mol. The standard InChI is InChI=1S/C10H17N3O4S2/c1-3-12-19(16,17)13(4-2)18(14,15)10-8-6-5-7-9(10)11/h5-8,12H,3-4,11H2,1-2H3. The van der Waals surface area contributed by atoms with Crippen molar-refractivity contribution in [2.75, 3.05) is 18.8 Å². The molecule has 1 aromatic rings. The first kappa shape index (κ1) is 15.9. The Hall–Kier alpha value is -1.16. The summed E-state index contributed by atoms with van der Waals surface area (Å²) in [4.78, 5) is -0.224. The third-order valence-electron chi connectivity index (χ3n) is 2.32. The number of para-hydroxylation sites is 1. The Balaban J connectivity index is 3.37. The molecule has 0 aliphatic rings. The van der Waals surface area contributed by atoms with Gasteiger partial charge in [-0.05, 0) is 12.1 Å². The van der Waals surface area contributed by atoms with Crippen molar-refractivity contribution in [3.63, 3.8) is 0 Å². The number of benzene rings is 1. The summed E-state index contributed by atoms with van der Waals surface area (Å²) in [5.74, 6) is 0. The van der Waals surface area contributed by atoms with Gasteiger partial charge < -0.3 is 5.73 Å². The number of hydrogen-bond acceptors (Lipinski definition) is 5. The first-order valence-electron chi connectivity index (χ1n) is 5.64. The Kier molecular flexibility index (Phi) is 4.91. The fourth-order valence-corrected chi connectivity index (χ4v) is 5.01. The molecule has 0 fully saturated rings. The van der Waals surface area contributed by atoms with Crippen LogP contribution >= 0.6 is 0 Å². The van der Waals surface area contributed by atoms with E-state index in [0.717, 1.165) is 0 Å². The lowest BCUT2D eigenvalue weighted by molar-refractivity contribution is 0.498. The molecule has 1 aromatic carbocycles. The lowest BCUT2D eigenvalue weighted by Crippen LogP contribution is -2.44. The molecule has 0 spiro atoms. The van der Waals surface area contributed by atoms with Crippen molar-refractivity contribution in [1.82, 2.24) is 8.43 Å². The molecule has 0 radical (unpaired) electrons. The van der Waals surface area contributed by atoms with Gasteiger partial charge >= 0.3 is 0 Å². The van der Waals surface area contributed by atoms with Gasteiger partial charge in [0, 0.05) is 13.1 Å². The van der Waals surface area contributed by atoms with Gasteiger partial charge in [-0.25, -0.2) is 13.1 Å². The van der Waals surface area contributed by atoms with E-state index in [-0.39, 0.29) is 23.7 Å². The lowest BCUT2D eigenvalue weighted by atomic mass is 10.3. The van der Waals surface area contributed by atoms with E-state index in [0.29, 0.717) is 3.71 Å². The second-order valence-electron chi connectivity index (χ2n) is 3.63. The van der Waals surface area contributed by atoms with E-state index < -0.39 is 20.2 Å². The highest BCUT2D eigenvalue weighted by molar-refractivity contribution is 8.03. The average Bonchev–Trinajstić information content (AvgIpc) is 2.28. The van der Waals surface area contributed by atoms with Gasteiger partial charge in [0.2, 0.25) is 0 Å². The topological polar surface area (TPSA) is 110 Å². The summed E-state index contributed by atoms with van der Waals surface area (Å²) in [6.07, 6.45) is 0. The minimum absolute atomic E-state index is 0.00708. The third-order valence-corrected chi connectivity index (χ3v) is 6.67. The van der Waals surface area contributed by atoms with Crippen molar-refractivity contribution in [3.8, 4) is 0 Å². The molecule has 0 unspecified atom stereocenters. The van der Waals surface area contributed by atoms with Gasteiger partial charge in [-0.15, -0.1) is 0 Å². The summed E-state index contributed by atoms with van der Waals surface area (Å²) in [5, 5.41) is 0. The second kappa shape index (κ2) is 5.87. The molecule has 7 nitrogen and oxygen atoms in total. The van der Waals surface area contributed by atoms with Gasteiger partial charge in [0.05, 0.1) is 5.69 Å². The van der Waals surface area contributed by atoms with Crippen LogP contribution in [0.3, 0.4) is 0 Å².